The predicted molar refractivity (Wildman–Crippen MR) is 177 cm³/mol. The summed E-state index contributed by atoms with van der Waals surface area (Å²) < 4.78 is 0. The number of hydrogen-bond acceptors (Lipinski definition) is 1. The Bertz CT molecular complexity index is 1020. The highest BCUT2D eigenvalue weighted by atomic mass is 14.9. The number of aryl methyl sites for hydroxylation is 1. The summed E-state index contributed by atoms with van der Waals surface area (Å²) in [6.07, 6.45) is 16.0. The Morgan fingerprint density at radius 1 is 1.00 bits per heavy atom. The largest absolute Gasteiger partial charge is 0.356 e. The first kappa shape index (κ1) is 34.9. The third-order valence-corrected chi connectivity index (χ3v) is 6.13. The molecule has 1 N–H and O–H groups in total. The Morgan fingerprint density at radius 2 is 1.66 bits per heavy atom. The molecule has 0 aromatic heterocycles. The lowest BCUT2D eigenvalue weighted by molar-refractivity contribution is 0.683. The molecule has 1 nitrogen and oxygen atoms in total. The molecule has 1 heteroatoms. The fourth-order valence-electron chi connectivity index (χ4n) is 3.98. The van der Waals surface area contributed by atoms with Crippen LogP contribution in [-0.4, -0.2) is 0 Å². The van der Waals surface area contributed by atoms with E-state index in [2.05, 4.69) is 113 Å². The predicted octanol–water partition coefficient (Wildman–Crippen LogP) is 12.0. The monoisotopic (exact) mass is 513 g/mol. The number of benzene rings is 2. The molecule has 0 aliphatic heterocycles. The molecular formula is C37H55N. The Labute approximate surface area is 236 Å². The number of nitrogens with one attached hydrogen (secondary N) is 1. The number of unbranched alkanes of at least 4 members (excludes halogenated alkanes) is 1. The maximum Gasteiger partial charge on any atom is 0.0384 e. The second-order valence-corrected chi connectivity index (χ2v) is 9.44. The number of anilines is 1. The highest BCUT2D eigenvalue weighted by Crippen LogP contribution is 2.27. The molecule has 1 aliphatic carbocycles. The van der Waals surface area contributed by atoms with E-state index in [0.29, 0.717) is 5.92 Å². The van der Waals surface area contributed by atoms with Crippen molar-refractivity contribution >= 4 is 17.5 Å². The zero-order valence-corrected chi connectivity index (χ0v) is 25.8. The summed E-state index contributed by atoms with van der Waals surface area (Å²) in [7, 11) is 0. The highest BCUT2D eigenvalue weighted by molar-refractivity contribution is 5.76. The molecule has 2 aromatic carbocycles. The Balaban J connectivity index is 0.00000107. The first-order valence-corrected chi connectivity index (χ1v) is 14.6. The lowest BCUT2D eigenvalue weighted by Crippen LogP contribution is -2.06. The van der Waals surface area contributed by atoms with Gasteiger partial charge in [0.2, 0.25) is 0 Å². The van der Waals surface area contributed by atoms with Gasteiger partial charge in [-0.3, -0.25) is 0 Å². The maximum absolute atomic E-state index is 4.25. The van der Waals surface area contributed by atoms with Crippen molar-refractivity contribution in [3.8, 4) is 0 Å². The van der Waals surface area contributed by atoms with Gasteiger partial charge in [0.05, 0.1) is 0 Å². The van der Waals surface area contributed by atoms with E-state index in [-0.39, 0.29) is 0 Å². The van der Waals surface area contributed by atoms with E-state index in [1.165, 1.54) is 47.1 Å². The zero-order chi connectivity index (χ0) is 28.9. The summed E-state index contributed by atoms with van der Waals surface area (Å²) in [5.41, 5.74) is 9.63. The lowest BCUT2D eigenvalue weighted by Gasteiger charge is -2.18. The van der Waals surface area contributed by atoms with E-state index in [0.717, 1.165) is 36.2 Å². The molecule has 0 spiro atoms. The first-order valence-electron chi connectivity index (χ1n) is 14.6. The van der Waals surface area contributed by atoms with Crippen LogP contribution in [0.3, 0.4) is 0 Å². The molecule has 0 saturated carbocycles. The van der Waals surface area contributed by atoms with Crippen LogP contribution < -0.4 is 5.32 Å². The third kappa shape index (κ3) is 13.5. The van der Waals surface area contributed by atoms with E-state index in [4.69, 9.17) is 0 Å². The van der Waals surface area contributed by atoms with E-state index in [1.807, 2.05) is 33.8 Å². The fourth-order valence-corrected chi connectivity index (χ4v) is 3.98. The van der Waals surface area contributed by atoms with Crippen LogP contribution in [0, 0.1) is 12.8 Å². The van der Waals surface area contributed by atoms with Gasteiger partial charge < -0.3 is 5.32 Å². The van der Waals surface area contributed by atoms with Crippen LogP contribution >= 0.6 is 0 Å². The van der Waals surface area contributed by atoms with Crippen molar-refractivity contribution in [3.05, 3.63) is 114 Å². The molecule has 0 heterocycles. The van der Waals surface area contributed by atoms with E-state index in [9.17, 15) is 0 Å². The molecule has 3 rings (SSSR count). The molecule has 0 radical (unpaired) electrons. The summed E-state index contributed by atoms with van der Waals surface area (Å²) in [5.74, 6) is 0.494. The molecule has 1 atom stereocenters. The number of hydrogen-bond donors (Lipinski definition) is 1. The van der Waals surface area contributed by atoms with Crippen LogP contribution in [0.4, 0.5) is 5.69 Å². The zero-order valence-electron chi connectivity index (χ0n) is 25.8. The maximum atomic E-state index is 4.25. The highest BCUT2D eigenvalue weighted by Gasteiger charge is 2.12. The molecule has 208 valence electrons. The summed E-state index contributed by atoms with van der Waals surface area (Å²) in [5, 5.41) is 3.42. The van der Waals surface area contributed by atoms with Gasteiger partial charge in [0.1, 0.15) is 0 Å². The van der Waals surface area contributed by atoms with Crippen LogP contribution in [-0.2, 0) is 6.42 Å². The molecule has 0 amide bonds. The van der Waals surface area contributed by atoms with Gasteiger partial charge in [-0.2, -0.15) is 0 Å². The standard InChI is InChI=1S/C26H29N.C7H14.2C2H6/c1-5-22-13-14-24(21(4)27-26-15-11-19(2)12-16-26)18-25(22)17-20(3)23-9-7-6-8-10-23;1-4-5-6-7(2)3;2*1-2/h5,7,9-16,18,20,27H,1,4,6,8,17H2,2-3H3;2,4-6H2,1,3H3;2*1-2H3. The second-order valence-electron chi connectivity index (χ2n) is 9.44. The van der Waals surface area contributed by atoms with Crippen LogP contribution in [0.2, 0.25) is 0 Å². The Morgan fingerprint density at radius 3 is 2.16 bits per heavy atom. The Kier molecular flexibility index (Phi) is 19.3. The quantitative estimate of drug-likeness (QED) is 0.311. The van der Waals surface area contributed by atoms with Gasteiger partial charge >= 0.3 is 0 Å². The van der Waals surface area contributed by atoms with Crippen molar-refractivity contribution in [1.29, 1.82) is 0 Å². The van der Waals surface area contributed by atoms with Gasteiger partial charge in [0, 0.05) is 11.4 Å². The van der Waals surface area contributed by atoms with E-state index in [1.54, 1.807) is 0 Å². The van der Waals surface area contributed by atoms with Crippen molar-refractivity contribution in [3.63, 3.8) is 0 Å². The van der Waals surface area contributed by atoms with Gasteiger partial charge in [-0.1, -0.05) is 121 Å². The van der Waals surface area contributed by atoms with Gasteiger partial charge in [-0.05, 0) is 92.3 Å². The number of rotatable bonds is 10. The summed E-state index contributed by atoms with van der Waals surface area (Å²) >= 11 is 0. The van der Waals surface area contributed by atoms with Gasteiger partial charge in [0.25, 0.3) is 0 Å². The van der Waals surface area contributed by atoms with E-state index < -0.39 is 0 Å². The summed E-state index contributed by atoms with van der Waals surface area (Å²) in [4.78, 5) is 0. The van der Waals surface area contributed by atoms with Crippen LogP contribution in [0.25, 0.3) is 11.8 Å². The molecule has 2 aromatic rings. The van der Waals surface area contributed by atoms with Crippen molar-refractivity contribution in [2.75, 3.05) is 5.32 Å². The Hall–Kier alpha value is -3.06. The minimum Gasteiger partial charge on any atom is -0.356 e. The summed E-state index contributed by atoms with van der Waals surface area (Å²) in [6.45, 7) is 28.7. The van der Waals surface area contributed by atoms with E-state index >= 15 is 0 Å². The van der Waals surface area contributed by atoms with Gasteiger partial charge in [-0.15, -0.1) is 6.58 Å². The van der Waals surface area contributed by atoms with Crippen molar-refractivity contribution < 1.29 is 0 Å². The average Bonchev–Trinajstić information content (AvgIpc) is 2.96. The van der Waals surface area contributed by atoms with Gasteiger partial charge in [0.15, 0.2) is 0 Å². The SMILES string of the molecule is C=C(C)CCCC.C=Cc1ccc(C(=C)Nc2ccc(C)cc2)cc1CC(C)C1=CCCC=C1.CC.CC. The minimum atomic E-state index is 0.494. The second kappa shape index (κ2) is 20.9. The molecule has 1 unspecified atom stereocenters. The normalized spacial score (nSPS) is 12.2. The molecule has 0 saturated heterocycles. The fraction of sp³-hybridized carbons (Fsp3) is 0.405. The van der Waals surface area contributed by atoms with Crippen LogP contribution in [0.15, 0.2) is 91.6 Å². The average molecular weight is 514 g/mol. The smallest absolute Gasteiger partial charge is 0.0384 e. The number of allylic oxidation sites excluding steroid dienone is 5. The van der Waals surface area contributed by atoms with Crippen molar-refractivity contribution in [1.82, 2.24) is 0 Å². The summed E-state index contributed by atoms with van der Waals surface area (Å²) in [6, 6.07) is 14.9. The molecule has 0 bridgehead atoms. The molecule has 1 aliphatic rings. The molecular weight excluding hydrogens is 458 g/mol. The van der Waals surface area contributed by atoms with Crippen molar-refractivity contribution in [2.45, 2.75) is 93.9 Å². The van der Waals surface area contributed by atoms with Crippen molar-refractivity contribution in [2.24, 2.45) is 5.92 Å². The van der Waals surface area contributed by atoms with Gasteiger partial charge in [-0.25, -0.2) is 0 Å². The molecule has 38 heavy (non-hydrogen) atoms. The third-order valence-electron chi connectivity index (χ3n) is 6.13. The topological polar surface area (TPSA) is 12.0 Å². The molecule has 0 fully saturated rings. The lowest BCUT2D eigenvalue weighted by atomic mass is 9.88. The van der Waals surface area contributed by atoms with Crippen LogP contribution in [0.1, 0.15) is 103 Å². The van der Waals surface area contributed by atoms with Crippen LogP contribution in [0.5, 0.6) is 0 Å². The minimum absolute atomic E-state index is 0.494. The first-order chi connectivity index (χ1) is 18.3.